The molecule has 2 heterocycles. The maximum absolute atomic E-state index is 5.95. The van der Waals surface area contributed by atoms with Crippen molar-refractivity contribution in [1.29, 1.82) is 0 Å². The number of morpholine rings is 1. The van der Waals surface area contributed by atoms with Gasteiger partial charge >= 0.3 is 0 Å². The molecule has 3 rings (SSSR count). The van der Waals surface area contributed by atoms with Crippen LogP contribution >= 0.6 is 11.6 Å². The molecule has 0 spiro atoms. The molecule has 1 atom stereocenters. The van der Waals surface area contributed by atoms with Gasteiger partial charge in [0.05, 0.1) is 18.2 Å². The number of ether oxygens (including phenoxy) is 1. The summed E-state index contributed by atoms with van der Waals surface area (Å²) in [6, 6.07) is 6.05. The fourth-order valence-electron chi connectivity index (χ4n) is 1.98. The summed E-state index contributed by atoms with van der Waals surface area (Å²) in [6.45, 7) is 2.53. The van der Waals surface area contributed by atoms with Crippen molar-refractivity contribution in [3.63, 3.8) is 0 Å². The van der Waals surface area contributed by atoms with Crippen LogP contribution < -0.4 is 5.32 Å². The van der Waals surface area contributed by atoms with Crippen LogP contribution in [0.25, 0.3) is 10.9 Å². The van der Waals surface area contributed by atoms with E-state index in [-0.39, 0.29) is 6.10 Å². The molecule has 0 bridgehead atoms. The number of rotatable bonds is 1. The van der Waals surface area contributed by atoms with Gasteiger partial charge in [0.1, 0.15) is 5.15 Å². The maximum atomic E-state index is 5.95. The molecular weight excluding hydrogens is 226 g/mol. The summed E-state index contributed by atoms with van der Waals surface area (Å²) >= 11 is 5.95. The normalized spacial score (nSPS) is 21.4. The number of benzene rings is 1. The summed E-state index contributed by atoms with van der Waals surface area (Å²) in [5.41, 5.74) is 2.03. The minimum atomic E-state index is 0.119. The smallest absolute Gasteiger partial charge is 0.132 e. The van der Waals surface area contributed by atoms with Gasteiger partial charge in [-0.25, -0.2) is 0 Å². The van der Waals surface area contributed by atoms with E-state index in [1.807, 2.05) is 18.2 Å². The lowest BCUT2D eigenvalue weighted by Gasteiger charge is -2.23. The molecule has 1 aromatic carbocycles. The fourth-order valence-corrected chi connectivity index (χ4v) is 2.18. The Morgan fingerprint density at radius 3 is 3.19 bits per heavy atom. The molecule has 1 aliphatic rings. The Bertz CT molecular complexity index is 505. The molecule has 0 saturated carbocycles. The van der Waals surface area contributed by atoms with Gasteiger partial charge in [0.15, 0.2) is 0 Å². The molecule has 2 aromatic rings. The standard InChI is InChI=1S/C11H12ClN3O/c12-11-8-2-1-7(5-9(8)14-15-11)10-6-13-3-4-16-10/h1-2,5,10,13H,3-4,6H2,(H,14,15). The number of halogens is 1. The van der Waals surface area contributed by atoms with E-state index in [2.05, 4.69) is 15.5 Å². The van der Waals surface area contributed by atoms with Gasteiger partial charge in [-0.05, 0) is 17.7 Å². The number of fused-ring (bicyclic) bond motifs is 1. The van der Waals surface area contributed by atoms with Crippen LogP contribution in [0.2, 0.25) is 5.15 Å². The predicted molar refractivity (Wildman–Crippen MR) is 62.7 cm³/mol. The lowest BCUT2D eigenvalue weighted by molar-refractivity contribution is 0.0278. The summed E-state index contributed by atoms with van der Waals surface area (Å²) < 4.78 is 5.69. The number of hydrogen-bond donors (Lipinski definition) is 2. The number of nitrogens with one attached hydrogen (secondary N) is 2. The highest BCUT2D eigenvalue weighted by Gasteiger charge is 2.16. The molecule has 84 valence electrons. The Balaban J connectivity index is 1.97. The summed E-state index contributed by atoms with van der Waals surface area (Å²) in [5, 5.41) is 11.8. The van der Waals surface area contributed by atoms with Crippen molar-refractivity contribution >= 4 is 22.5 Å². The SMILES string of the molecule is Clc1[nH]nc2cc(C3CNCCO3)ccc12. The van der Waals surface area contributed by atoms with Crippen LogP contribution in [0.15, 0.2) is 18.2 Å². The Morgan fingerprint density at radius 1 is 1.44 bits per heavy atom. The zero-order valence-electron chi connectivity index (χ0n) is 8.66. The van der Waals surface area contributed by atoms with Crippen LogP contribution in [0.5, 0.6) is 0 Å². The second-order valence-electron chi connectivity index (χ2n) is 3.88. The molecule has 4 nitrogen and oxygen atoms in total. The Hall–Kier alpha value is -1.10. The highest BCUT2D eigenvalue weighted by molar-refractivity contribution is 6.34. The summed E-state index contributed by atoms with van der Waals surface area (Å²) in [6.07, 6.45) is 0.119. The van der Waals surface area contributed by atoms with Gasteiger partial charge in [-0.15, -0.1) is 0 Å². The third-order valence-corrected chi connectivity index (χ3v) is 3.12. The number of H-pyrrole nitrogens is 1. The average Bonchev–Trinajstić information content (AvgIpc) is 2.72. The zero-order valence-corrected chi connectivity index (χ0v) is 9.42. The van der Waals surface area contributed by atoms with Crippen LogP contribution in [-0.2, 0) is 4.74 Å². The van der Waals surface area contributed by atoms with Gasteiger partial charge in [0, 0.05) is 18.5 Å². The largest absolute Gasteiger partial charge is 0.371 e. The predicted octanol–water partition coefficient (Wildman–Crippen LogP) is 1.88. The molecule has 1 unspecified atom stereocenters. The lowest BCUT2D eigenvalue weighted by atomic mass is 10.1. The Kier molecular flexibility index (Phi) is 2.55. The molecule has 5 heteroatoms. The Morgan fingerprint density at radius 2 is 2.38 bits per heavy atom. The summed E-state index contributed by atoms with van der Waals surface area (Å²) in [5.74, 6) is 0. The first kappa shape index (κ1) is 10.1. The topological polar surface area (TPSA) is 49.9 Å². The van der Waals surface area contributed by atoms with Crippen molar-refractivity contribution in [2.24, 2.45) is 0 Å². The monoisotopic (exact) mass is 237 g/mol. The number of aromatic amines is 1. The number of hydrogen-bond acceptors (Lipinski definition) is 3. The van der Waals surface area contributed by atoms with E-state index < -0.39 is 0 Å². The van der Waals surface area contributed by atoms with Crippen molar-refractivity contribution in [1.82, 2.24) is 15.5 Å². The van der Waals surface area contributed by atoms with Gasteiger partial charge in [0.25, 0.3) is 0 Å². The van der Waals surface area contributed by atoms with E-state index in [0.717, 1.165) is 36.2 Å². The molecule has 0 aliphatic carbocycles. The van der Waals surface area contributed by atoms with E-state index in [0.29, 0.717) is 5.15 Å². The molecule has 1 fully saturated rings. The highest BCUT2D eigenvalue weighted by Crippen LogP contribution is 2.25. The third-order valence-electron chi connectivity index (χ3n) is 2.83. The van der Waals surface area contributed by atoms with Gasteiger partial charge in [-0.3, -0.25) is 5.10 Å². The van der Waals surface area contributed by atoms with E-state index in [4.69, 9.17) is 16.3 Å². The fraction of sp³-hybridized carbons (Fsp3) is 0.364. The first-order valence-electron chi connectivity index (χ1n) is 5.30. The van der Waals surface area contributed by atoms with Crippen LogP contribution in [-0.4, -0.2) is 29.9 Å². The molecule has 0 radical (unpaired) electrons. The molecule has 16 heavy (non-hydrogen) atoms. The number of nitrogens with zero attached hydrogens (tertiary/aromatic N) is 1. The second kappa shape index (κ2) is 4.05. The van der Waals surface area contributed by atoms with Crippen molar-refractivity contribution < 1.29 is 4.74 Å². The van der Waals surface area contributed by atoms with Crippen molar-refractivity contribution in [2.45, 2.75) is 6.10 Å². The Labute approximate surface area is 97.9 Å². The first-order valence-corrected chi connectivity index (χ1v) is 5.68. The molecule has 2 N–H and O–H groups in total. The van der Waals surface area contributed by atoms with Crippen molar-refractivity contribution in [3.05, 3.63) is 28.9 Å². The van der Waals surface area contributed by atoms with Gasteiger partial charge in [-0.1, -0.05) is 17.7 Å². The third kappa shape index (κ3) is 1.69. The van der Waals surface area contributed by atoms with Crippen LogP contribution in [0.4, 0.5) is 0 Å². The van der Waals surface area contributed by atoms with E-state index in [9.17, 15) is 0 Å². The average molecular weight is 238 g/mol. The molecule has 0 amide bonds. The maximum Gasteiger partial charge on any atom is 0.132 e. The van der Waals surface area contributed by atoms with E-state index >= 15 is 0 Å². The van der Waals surface area contributed by atoms with Crippen LogP contribution in [0.3, 0.4) is 0 Å². The molecule has 1 aromatic heterocycles. The second-order valence-corrected chi connectivity index (χ2v) is 4.26. The molecular formula is C11H12ClN3O. The van der Waals surface area contributed by atoms with Gasteiger partial charge in [0.2, 0.25) is 0 Å². The minimum absolute atomic E-state index is 0.119. The first-order chi connectivity index (χ1) is 7.84. The zero-order chi connectivity index (χ0) is 11.0. The minimum Gasteiger partial charge on any atom is -0.371 e. The summed E-state index contributed by atoms with van der Waals surface area (Å²) in [4.78, 5) is 0. The molecule has 1 saturated heterocycles. The summed E-state index contributed by atoms with van der Waals surface area (Å²) in [7, 11) is 0. The van der Waals surface area contributed by atoms with Crippen LogP contribution in [0, 0.1) is 0 Å². The highest BCUT2D eigenvalue weighted by atomic mass is 35.5. The van der Waals surface area contributed by atoms with Crippen molar-refractivity contribution in [2.75, 3.05) is 19.7 Å². The van der Waals surface area contributed by atoms with Crippen LogP contribution in [0.1, 0.15) is 11.7 Å². The van der Waals surface area contributed by atoms with Gasteiger partial charge < -0.3 is 10.1 Å². The van der Waals surface area contributed by atoms with E-state index in [1.54, 1.807) is 0 Å². The molecule has 1 aliphatic heterocycles. The van der Waals surface area contributed by atoms with Crippen molar-refractivity contribution in [3.8, 4) is 0 Å². The number of aromatic nitrogens is 2. The van der Waals surface area contributed by atoms with Gasteiger partial charge in [-0.2, -0.15) is 5.10 Å². The van der Waals surface area contributed by atoms with E-state index in [1.165, 1.54) is 0 Å². The quantitative estimate of drug-likeness (QED) is 0.796. The lowest BCUT2D eigenvalue weighted by Crippen LogP contribution is -2.33.